The van der Waals surface area contributed by atoms with Crippen LogP contribution in [0.2, 0.25) is 0 Å². The van der Waals surface area contributed by atoms with Gasteiger partial charge in [-0.2, -0.15) is 0 Å². The van der Waals surface area contributed by atoms with E-state index in [0.717, 1.165) is 31.5 Å². The van der Waals surface area contributed by atoms with Crippen molar-refractivity contribution in [2.75, 3.05) is 6.54 Å². The van der Waals surface area contributed by atoms with Crippen LogP contribution in [0.25, 0.3) is 0 Å². The average Bonchev–Trinajstić information content (AvgIpc) is 2.58. The number of carboxylic acids is 1. The van der Waals surface area contributed by atoms with Gasteiger partial charge in [-0.3, -0.25) is 9.69 Å². The summed E-state index contributed by atoms with van der Waals surface area (Å²) in [5.41, 5.74) is 2.29. The van der Waals surface area contributed by atoms with Crippen molar-refractivity contribution >= 4 is 5.97 Å². The molecule has 0 radical (unpaired) electrons. The molecular formula is C20H25NO2. The summed E-state index contributed by atoms with van der Waals surface area (Å²) < 4.78 is 0. The van der Waals surface area contributed by atoms with Crippen molar-refractivity contribution in [1.29, 1.82) is 0 Å². The summed E-state index contributed by atoms with van der Waals surface area (Å²) in [5.74, 6) is -0.756. The maximum absolute atomic E-state index is 11.4. The predicted octanol–water partition coefficient (Wildman–Crippen LogP) is 4.50. The van der Waals surface area contributed by atoms with E-state index in [1.54, 1.807) is 0 Å². The number of aliphatic carboxylic acids is 1. The third-order valence-electron chi connectivity index (χ3n) is 4.02. The number of hydrogen-bond donors (Lipinski definition) is 1. The second kappa shape index (κ2) is 9.11. The van der Waals surface area contributed by atoms with Gasteiger partial charge in [-0.1, -0.05) is 74.0 Å². The van der Waals surface area contributed by atoms with Gasteiger partial charge < -0.3 is 5.11 Å². The number of nitrogens with zero attached hydrogens (tertiary/aromatic N) is 1. The van der Waals surface area contributed by atoms with Crippen LogP contribution < -0.4 is 0 Å². The molecule has 0 saturated heterocycles. The molecule has 23 heavy (non-hydrogen) atoms. The van der Waals surface area contributed by atoms with E-state index in [-0.39, 0.29) is 12.5 Å². The van der Waals surface area contributed by atoms with Gasteiger partial charge in [-0.15, -0.1) is 0 Å². The molecule has 1 unspecified atom stereocenters. The maximum Gasteiger partial charge on any atom is 0.305 e. The molecule has 0 saturated carbocycles. The first-order chi connectivity index (χ1) is 11.2. The highest BCUT2D eigenvalue weighted by Crippen LogP contribution is 2.26. The third-order valence-corrected chi connectivity index (χ3v) is 4.02. The van der Waals surface area contributed by atoms with E-state index in [1.165, 1.54) is 5.56 Å². The fourth-order valence-electron chi connectivity index (χ4n) is 2.82. The largest absolute Gasteiger partial charge is 0.481 e. The molecule has 0 bridgehead atoms. The highest BCUT2D eigenvalue weighted by Gasteiger charge is 2.23. The predicted molar refractivity (Wildman–Crippen MR) is 93.2 cm³/mol. The average molecular weight is 311 g/mol. The van der Waals surface area contributed by atoms with E-state index in [0.29, 0.717) is 0 Å². The number of carbonyl (C=O) groups is 1. The van der Waals surface area contributed by atoms with E-state index in [2.05, 4.69) is 24.0 Å². The molecule has 0 aliphatic heterocycles. The first kappa shape index (κ1) is 17.2. The Morgan fingerprint density at radius 2 is 1.65 bits per heavy atom. The molecule has 0 fully saturated rings. The van der Waals surface area contributed by atoms with E-state index >= 15 is 0 Å². The fourth-order valence-corrected chi connectivity index (χ4v) is 2.82. The number of rotatable bonds is 9. The molecule has 1 atom stereocenters. The zero-order valence-corrected chi connectivity index (χ0v) is 13.7. The minimum Gasteiger partial charge on any atom is -0.481 e. The van der Waals surface area contributed by atoms with Crippen LogP contribution in [0.3, 0.4) is 0 Å². The van der Waals surface area contributed by atoms with Crippen LogP contribution in [0, 0.1) is 0 Å². The van der Waals surface area contributed by atoms with Crippen LogP contribution in [-0.2, 0) is 11.3 Å². The van der Waals surface area contributed by atoms with Crippen LogP contribution in [-0.4, -0.2) is 22.5 Å². The molecule has 122 valence electrons. The Balaban J connectivity index is 2.25. The van der Waals surface area contributed by atoms with Crippen LogP contribution in [0.1, 0.15) is 43.4 Å². The molecule has 0 heterocycles. The highest BCUT2D eigenvalue weighted by atomic mass is 16.4. The Hall–Kier alpha value is -2.13. The van der Waals surface area contributed by atoms with Gasteiger partial charge in [0, 0.05) is 12.6 Å². The van der Waals surface area contributed by atoms with Crippen LogP contribution in [0.5, 0.6) is 0 Å². The van der Waals surface area contributed by atoms with E-state index in [4.69, 9.17) is 0 Å². The Bertz CT molecular complexity index is 583. The molecule has 0 spiro atoms. The molecule has 2 aromatic carbocycles. The molecule has 2 rings (SSSR count). The molecule has 3 heteroatoms. The van der Waals surface area contributed by atoms with Crippen molar-refractivity contribution in [3.05, 3.63) is 71.8 Å². The highest BCUT2D eigenvalue weighted by molar-refractivity contribution is 5.68. The number of benzene rings is 2. The van der Waals surface area contributed by atoms with Gasteiger partial charge in [0.05, 0.1) is 6.42 Å². The molecule has 0 aliphatic carbocycles. The lowest BCUT2D eigenvalue weighted by Crippen LogP contribution is -2.31. The van der Waals surface area contributed by atoms with E-state index in [1.807, 2.05) is 48.5 Å². The molecule has 0 aliphatic rings. The number of hydrogen-bond acceptors (Lipinski definition) is 2. The van der Waals surface area contributed by atoms with Gasteiger partial charge in [0.25, 0.3) is 0 Å². The van der Waals surface area contributed by atoms with E-state index < -0.39 is 5.97 Å². The van der Waals surface area contributed by atoms with Crippen LogP contribution in [0.15, 0.2) is 60.7 Å². The van der Waals surface area contributed by atoms with Crippen molar-refractivity contribution in [3.63, 3.8) is 0 Å². The Morgan fingerprint density at radius 3 is 2.22 bits per heavy atom. The van der Waals surface area contributed by atoms with Gasteiger partial charge in [0.1, 0.15) is 0 Å². The third kappa shape index (κ3) is 5.53. The van der Waals surface area contributed by atoms with Gasteiger partial charge in [-0.05, 0) is 24.1 Å². The molecule has 2 aromatic rings. The normalized spacial score (nSPS) is 12.3. The van der Waals surface area contributed by atoms with Gasteiger partial charge in [0.15, 0.2) is 0 Å². The van der Waals surface area contributed by atoms with Gasteiger partial charge >= 0.3 is 5.97 Å². The summed E-state index contributed by atoms with van der Waals surface area (Å²) in [5, 5.41) is 9.36. The van der Waals surface area contributed by atoms with Crippen molar-refractivity contribution in [1.82, 2.24) is 4.90 Å². The SMILES string of the molecule is CCCCN(Cc1ccccc1)C(CC(=O)O)c1ccccc1. The molecule has 0 aromatic heterocycles. The van der Waals surface area contributed by atoms with Crippen LogP contribution in [0.4, 0.5) is 0 Å². The first-order valence-corrected chi connectivity index (χ1v) is 8.25. The fraction of sp³-hybridized carbons (Fsp3) is 0.350. The molecular weight excluding hydrogens is 286 g/mol. The Labute approximate surface area is 138 Å². The number of carboxylic acid groups (broad SMARTS) is 1. The minimum atomic E-state index is -0.756. The van der Waals surface area contributed by atoms with Gasteiger partial charge in [0.2, 0.25) is 0 Å². The standard InChI is InChI=1S/C20H25NO2/c1-2-3-14-21(16-17-10-6-4-7-11-17)19(15-20(22)23)18-12-8-5-9-13-18/h4-13,19H,2-3,14-16H2,1H3,(H,22,23). The Morgan fingerprint density at radius 1 is 1.04 bits per heavy atom. The van der Waals surface area contributed by atoms with Crippen molar-refractivity contribution in [2.24, 2.45) is 0 Å². The summed E-state index contributed by atoms with van der Waals surface area (Å²) in [7, 11) is 0. The number of unbranched alkanes of at least 4 members (excludes halogenated alkanes) is 1. The molecule has 1 N–H and O–H groups in total. The summed E-state index contributed by atoms with van der Waals surface area (Å²) >= 11 is 0. The summed E-state index contributed by atoms with van der Waals surface area (Å²) in [6.07, 6.45) is 2.29. The monoisotopic (exact) mass is 311 g/mol. The lowest BCUT2D eigenvalue weighted by atomic mass is 10.0. The van der Waals surface area contributed by atoms with Crippen molar-refractivity contribution in [3.8, 4) is 0 Å². The van der Waals surface area contributed by atoms with Gasteiger partial charge in [-0.25, -0.2) is 0 Å². The smallest absolute Gasteiger partial charge is 0.305 e. The topological polar surface area (TPSA) is 40.5 Å². The second-order valence-electron chi connectivity index (χ2n) is 5.83. The quantitative estimate of drug-likeness (QED) is 0.741. The lowest BCUT2D eigenvalue weighted by molar-refractivity contribution is -0.138. The summed E-state index contributed by atoms with van der Waals surface area (Å²) in [6, 6.07) is 20.1. The summed E-state index contributed by atoms with van der Waals surface area (Å²) in [6.45, 7) is 3.83. The first-order valence-electron chi connectivity index (χ1n) is 8.25. The maximum atomic E-state index is 11.4. The second-order valence-corrected chi connectivity index (χ2v) is 5.83. The lowest BCUT2D eigenvalue weighted by Gasteiger charge is -2.31. The van der Waals surface area contributed by atoms with Crippen molar-refractivity contribution < 1.29 is 9.90 Å². The minimum absolute atomic E-state index is 0.0968. The van der Waals surface area contributed by atoms with E-state index in [9.17, 15) is 9.90 Å². The molecule has 3 nitrogen and oxygen atoms in total. The summed E-state index contributed by atoms with van der Waals surface area (Å²) in [4.78, 5) is 13.7. The van der Waals surface area contributed by atoms with Crippen LogP contribution >= 0.6 is 0 Å². The zero-order chi connectivity index (χ0) is 16.5. The molecule has 0 amide bonds. The zero-order valence-electron chi connectivity index (χ0n) is 13.7. The van der Waals surface area contributed by atoms with Crippen molar-refractivity contribution in [2.45, 2.75) is 38.8 Å². The Kier molecular flexibility index (Phi) is 6.82.